The second-order valence-electron chi connectivity index (χ2n) is 6.75. The molecule has 1 saturated carbocycles. The van der Waals surface area contributed by atoms with Crippen molar-refractivity contribution in [3.8, 4) is 0 Å². The number of ether oxygens (including phenoxy) is 1. The minimum Gasteiger partial charge on any atom is -0.444 e. The molecule has 1 aromatic rings. The summed E-state index contributed by atoms with van der Waals surface area (Å²) in [5.74, 6) is 0.408. The van der Waals surface area contributed by atoms with E-state index in [2.05, 4.69) is 10.1 Å². The van der Waals surface area contributed by atoms with Crippen LogP contribution in [0.1, 0.15) is 64.2 Å². The lowest BCUT2D eigenvalue weighted by Gasteiger charge is -2.27. The first kappa shape index (κ1) is 14.3. The van der Waals surface area contributed by atoms with Gasteiger partial charge in [0.25, 0.3) is 5.89 Å². The van der Waals surface area contributed by atoms with Crippen LogP contribution in [0.15, 0.2) is 4.52 Å². The number of hydrogen-bond donors (Lipinski definition) is 0. The molecule has 1 atom stereocenters. The Balaban J connectivity index is 1.74. The molecule has 1 aliphatic carbocycles. The summed E-state index contributed by atoms with van der Waals surface area (Å²) >= 11 is 0. The maximum absolute atomic E-state index is 13.9. The highest BCUT2D eigenvalue weighted by Gasteiger charge is 2.51. The van der Waals surface area contributed by atoms with E-state index in [9.17, 15) is 9.18 Å². The number of likely N-dealkylation sites (tertiary alicyclic amines) is 1. The van der Waals surface area contributed by atoms with Crippen molar-refractivity contribution >= 4 is 6.09 Å². The lowest BCUT2D eigenvalue weighted by molar-refractivity contribution is 0.0217. The van der Waals surface area contributed by atoms with Crippen molar-refractivity contribution < 1.29 is 18.4 Å². The molecule has 0 spiro atoms. The predicted molar refractivity (Wildman–Crippen MR) is 71.2 cm³/mol. The van der Waals surface area contributed by atoms with Gasteiger partial charge in [-0.25, -0.2) is 9.18 Å². The molecule has 2 aliphatic rings. The van der Waals surface area contributed by atoms with E-state index in [1.54, 1.807) is 4.90 Å². The van der Waals surface area contributed by atoms with Crippen molar-refractivity contribution in [2.75, 3.05) is 6.54 Å². The van der Waals surface area contributed by atoms with E-state index < -0.39 is 17.4 Å². The fourth-order valence-corrected chi connectivity index (χ4v) is 2.45. The zero-order valence-corrected chi connectivity index (χ0v) is 12.6. The fourth-order valence-electron chi connectivity index (χ4n) is 2.45. The van der Waals surface area contributed by atoms with Crippen molar-refractivity contribution in [1.29, 1.82) is 0 Å². The summed E-state index contributed by atoms with van der Waals surface area (Å²) in [6.45, 7) is 6.05. The number of hydrogen-bond acceptors (Lipinski definition) is 5. The van der Waals surface area contributed by atoms with E-state index in [4.69, 9.17) is 9.26 Å². The van der Waals surface area contributed by atoms with Crippen molar-refractivity contribution in [2.45, 2.75) is 63.8 Å². The first-order chi connectivity index (χ1) is 9.78. The van der Waals surface area contributed by atoms with Gasteiger partial charge < -0.3 is 9.26 Å². The first-order valence-corrected chi connectivity index (χ1v) is 7.31. The second-order valence-corrected chi connectivity index (χ2v) is 6.75. The van der Waals surface area contributed by atoms with Crippen LogP contribution in [0.25, 0.3) is 0 Å². The third kappa shape index (κ3) is 2.87. The summed E-state index contributed by atoms with van der Waals surface area (Å²) < 4.78 is 24.3. The van der Waals surface area contributed by atoms with Crippen LogP contribution in [0.2, 0.25) is 0 Å². The average molecular weight is 297 g/mol. The molecule has 0 radical (unpaired) electrons. The largest absolute Gasteiger partial charge is 0.444 e. The SMILES string of the molecule is CC(C)(C)OC(=O)N1CCC[C@H]1c1noc(C2(F)CC2)n1. The van der Waals surface area contributed by atoms with E-state index in [1.807, 2.05) is 20.8 Å². The van der Waals surface area contributed by atoms with E-state index in [0.29, 0.717) is 25.2 Å². The van der Waals surface area contributed by atoms with E-state index in [1.165, 1.54) is 0 Å². The summed E-state index contributed by atoms with van der Waals surface area (Å²) in [5.41, 5.74) is -2.00. The molecule has 1 aromatic heterocycles. The van der Waals surface area contributed by atoms with Crippen LogP contribution < -0.4 is 0 Å². The molecule has 1 saturated heterocycles. The highest BCUT2D eigenvalue weighted by atomic mass is 19.1. The smallest absolute Gasteiger partial charge is 0.410 e. The van der Waals surface area contributed by atoms with E-state index >= 15 is 0 Å². The van der Waals surface area contributed by atoms with Gasteiger partial charge in [-0.1, -0.05) is 5.16 Å². The molecular formula is C14H20FN3O3. The lowest BCUT2D eigenvalue weighted by Crippen LogP contribution is -2.36. The van der Waals surface area contributed by atoms with E-state index in [-0.39, 0.29) is 11.9 Å². The number of aromatic nitrogens is 2. The van der Waals surface area contributed by atoms with Gasteiger partial charge in [0.1, 0.15) is 5.60 Å². The summed E-state index contributed by atoms with van der Waals surface area (Å²) in [4.78, 5) is 18.0. The molecule has 6 nitrogen and oxygen atoms in total. The second kappa shape index (κ2) is 4.68. The van der Waals surface area contributed by atoms with Crippen molar-refractivity contribution in [3.63, 3.8) is 0 Å². The Kier molecular flexibility index (Phi) is 3.18. The molecule has 1 amide bonds. The number of amides is 1. The highest BCUT2D eigenvalue weighted by molar-refractivity contribution is 5.69. The van der Waals surface area contributed by atoms with Crippen molar-refractivity contribution in [2.24, 2.45) is 0 Å². The minimum atomic E-state index is -1.44. The van der Waals surface area contributed by atoms with Gasteiger partial charge in [-0.05, 0) is 46.5 Å². The summed E-state index contributed by atoms with van der Waals surface area (Å²) in [6, 6.07) is -0.292. The third-order valence-corrected chi connectivity index (χ3v) is 3.69. The topological polar surface area (TPSA) is 68.5 Å². The number of rotatable bonds is 2. The molecule has 7 heteroatoms. The molecule has 0 bridgehead atoms. The van der Waals surface area contributed by atoms with Gasteiger partial charge in [0.15, 0.2) is 11.5 Å². The first-order valence-electron chi connectivity index (χ1n) is 7.31. The quantitative estimate of drug-likeness (QED) is 0.839. The van der Waals surface area contributed by atoms with Gasteiger partial charge in [0.05, 0.1) is 6.04 Å². The van der Waals surface area contributed by atoms with Crippen LogP contribution in [-0.2, 0) is 10.4 Å². The lowest BCUT2D eigenvalue weighted by atomic mass is 10.2. The maximum atomic E-state index is 13.9. The number of alkyl halides is 1. The van der Waals surface area contributed by atoms with Gasteiger partial charge in [0.2, 0.25) is 0 Å². The van der Waals surface area contributed by atoms with Crippen LogP contribution in [0.3, 0.4) is 0 Å². The Morgan fingerprint density at radius 2 is 2.19 bits per heavy atom. The van der Waals surface area contributed by atoms with Gasteiger partial charge in [-0.15, -0.1) is 0 Å². The van der Waals surface area contributed by atoms with Crippen molar-refractivity contribution in [1.82, 2.24) is 15.0 Å². The zero-order chi connectivity index (χ0) is 15.3. The van der Waals surface area contributed by atoms with Gasteiger partial charge in [0, 0.05) is 6.54 Å². The summed E-state index contributed by atoms with van der Waals surface area (Å²) in [5, 5.41) is 3.86. The summed E-state index contributed by atoms with van der Waals surface area (Å²) in [6.07, 6.45) is 2.04. The Morgan fingerprint density at radius 3 is 2.81 bits per heavy atom. The van der Waals surface area contributed by atoms with Crippen LogP contribution in [0, 0.1) is 0 Å². The molecule has 3 rings (SSSR count). The molecule has 0 unspecified atom stereocenters. The Hall–Kier alpha value is -1.66. The number of carbonyl (C=O) groups excluding carboxylic acids is 1. The molecule has 0 aromatic carbocycles. The monoisotopic (exact) mass is 297 g/mol. The molecule has 2 heterocycles. The summed E-state index contributed by atoms with van der Waals surface area (Å²) in [7, 11) is 0. The minimum absolute atomic E-state index is 0.0357. The molecule has 21 heavy (non-hydrogen) atoms. The number of halogens is 1. The predicted octanol–water partition coefficient (Wildman–Crippen LogP) is 3.10. The van der Waals surface area contributed by atoms with Crippen LogP contribution >= 0.6 is 0 Å². The molecule has 0 N–H and O–H groups in total. The molecule has 2 fully saturated rings. The van der Waals surface area contributed by atoms with Gasteiger partial charge in [-0.2, -0.15) is 4.98 Å². The average Bonchev–Trinajstić information content (AvgIpc) is 2.87. The molecule has 116 valence electrons. The molecular weight excluding hydrogens is 277 g/mol. The Labute approximate surface area is 122 Å². The Morgan fingerprint density at radius 1 is 1.48 bits per heavy atom. The highest BCUT2D eigenvalue weighted by Crippen LogP contribution is 2.49. The van der Waals surface area contributed by atoms with Crippen LogP contribution in [-0.4, -0.2) is 33.3 Å². The normalized spacial score (nSPS) is 24.2. The number of nitrogens with zero attached hydrogens (tertiary/aromatic N) is 3. The fraction of sp³-hybridized carbons (Fsp3) is 0.786. The van der Waals surface area contributed by atoms with Crippen LogP contribution in [0.4, 0.5) is 9.18 Å². The zero-order valence-electron chi connectivity index (χ0n) is 12.6. The standard InChI is InChI=1S/C14H20FN3O3/c1-13(2,3)20-12(19)18-8-4-5-9(18)10-16-11(21-17-10)14(15)6-7-14/h9H,4-8H2,1-3H3/t9-/m0/s1. The van der Waals surface area contributed by atoms with Gasteiger partial charge >= 0.3 is 6.09 Å². The van der Waals surface area contributed by atoms with Gasteiger partial charge in [-0.3, -0.25) is 4.90 Å². The van der Waals surface area contributed by atoms with Crippen molar-refractivity contribution in [3.05, 3.63) is 11.7 Å². The van der Waals surface area contributed by atoms with Crippen LogP contribution in [0.5, 0.6) is 0 Å². The number of carbonyl (C=O) groups is 1. The molecule has 1 aliphatic heterocycles. The Bertz CT molecular complexity index is 548. The van der Waals surface area contributed by atoms with E-state index in [0.717, 1.165) is 12.8 Å². The third-order valence-electron chi connectivity index (χ3n) is 3.69. The maximum Gasteiger partial charge on any atom is 0.410 e.